The highest BCUT2D eigenvalue weighted by molar-refractivity contribution is 5.86. The summed E-state index contributed by atoms with van der Waals surface area (Å²) >= 11 is 0. The molecular formula is C9H6N4O2. The Kier molecular flexibility index (Phi) is 1.87. The molecule has 2 rings (SSSR count). The molecule has 0 aliphatic rings. The van der Waals surface area contributed by atoms with Gasteiger partial charge in [0.05, 0.1) is 6.20 Å². The number of carbonyl (C=O) groups is 1. The van der Waals surface area contributed by atoms with Crippen LogP contribution in [0.3, 0.4) is 0 Å². The van der Waals surface area contributed by atoms with Crippen molar-refractivity contribution in [3.05, 3.63) is 29.2 Å². The summed E-state index contributed by atoms with van der Waals surface area (Å²) in [6.07, 6.45) is 1.30. The molecule has 15 heavy (non-hydrogen) atoms. The first-order chi connectivity index (χ1) is 7.13. The Hall–Kier alpha value is -2.42. The van der Waals surface area contributed by atoms with Gasteiger partial charge in [0.1, 0.15) is 11.6 Å². The number of rotatable bonds is 1. The van der Waals surface area contributed by atoms with Gasteiger partial charge in [0.15, 0.2) is 11.3 Å². The number of aromatic nitrogens is 3. The summed E-state index contributed by atoms with van der Waals surface area (Å²) in [6.45, 7) is 1.67. The molecule has 2 aromatic heterocycles. The lowest BCUT2D eigenvalue weighted by Crippen LogP contribution is -2.08. The second-order valence-electron chi connectivity index (χ2n) is 2.99. The Morgan fingerprint density at radius 1 is 1.67 bits per heavy atom. The third kappa shape index (κ3) is 1.30. The van der Waals surface area contributed by atoms with Crippen LogP contribution in [0, 0.1) is 18.3 Å². The number of aromatic carboxylic acids is 1. The molecule has 0 unspecified atom stereocenters. The number of hydrogen-bond acceptors (Lipinski definition) is 4. The van der Waals surface area contributed by atoms with E-state index in [1.165, 1.54) is 12.3 Å². The average Bonchev–Trinajstić information content (AvgIpc) is 2.58. The number of nitrogens with zero attached hydrogens (tertiary/aromatic N) is 4. The molecule has 1 N–H and O–H groups in total. The van der Waals surface area contributed by atoms with Crippen molar-refractivity contribution in [1.29, 1.82) is 5.26 Å². The van der Waals surface area contributed by atoms with Gasteiger partial charge in [-0.3, -0.25) is 0 Å². The fourth-order valence-corrected chi connectivity index (χ4v) is 1.32. The molecule has 0 atom stereocenters. The van der Waals surface area contributed by atoms with Gasteiger partial charge < -0.3 is 5.11 Å². The molecule has 0 radical (unpaired) electrons. The van der Waals surface area contributed by atoms with Crippen LogP contribution in [0.5, 0.6) is 0 Å². The molecule has 74 valence electrons. The Balaban J connectivity index is 2.90. The summed E-state index contributed by atoms with van der Waals surface area (Å²) in [6, 6.07) is 3.31. The Bertz CT molecular complexity index is 594. The summed E-state index contributed by atoms with van der Waals surface area (Å²) in [4.78, 5) is 15.0. The van der Waals surface area contributed by atoms with Crippen molar-refractivity contribution in [3.63, 3.8) is 0 Å². The van der Waals surface area contributed by atoms with Crippen LogP contribution >= 0.6 is 0 Å². The quantitative estimate of drug-likeness (QED) is 0.731. The van der Waals surface area contributed by atoms with E-state index in [9.17, 15) is 4.79 Å². The maximum absolute atomic E-state index is 10.9. The molecule has 0 amide bonds. The Labute approximate surface area is 84.4 Å². The van der Waals surface area contributed by atoms with Crippen LogP contribution in [0.4, 0.5) is 0 Å². The molecule has 0 aliphatic heterocycles. The summed E-state index contributed by atoms with van der Waals surface area (Å²) in [5.74, 6) is -1.10. The number of carboxylic acids is 1. The van der Waals surface area contributed by atoms with Crippen molar-refractivity contribution in [2.45, 2.75) is 6.92 Å². The molecule has 6 heteroatoms. The van der Waals surface area contributed by atoms with Crippen molar-refractivity contribution in [3.8, 4) is 6.07 Å². The predicted octanol–water partition coefficient (Wildman–Crippen LogP) is 0.608. The van der Waals surface area contributed by atoms with Crippen molar-refractivity contribution in [1.82, 2.24) is 14.6 Å². The van der Waals surface area contributed by atoms with Crippen LogP contribution in [0.15, 0.2) is 12.3 Å². The van der Waals surface area contributed by atoms with Gasteiger partial charge in [0.2, 0.25) is 0 Å². The maximum atomic E-state index is 10.9. The van der Waals surface area contributed by atoms with Crippen LogP contribution in [0.2, 0.25) is 0 Å². The first-order valence-electron chi connectivity index (χ1n) is 4.12. The highest BCUT2D eigenvalue weighted by atomic mass is 16.4. The SMILES string of the molecule is Cc1cc(C(=O)O)n2ncc(C#N)c2n1. The van der Waals surface area contributed by atoms with Crippen molar-refractivity contribution < 1.29 is 9.90 Å². The normalized spacial score (nSPS) is 10.1. The van der Waals surface area contributed by atoms with E-state index in [1.54, 1.807) is 6.92 Å². The summed E-state index contributed by atoms with van der Waals surface area (Å²) in [5, 5.41) is 21.5. The standard InChI is InChI=1S/C9H6N4O2/c1-5-2-7(9(14)15)13-8(12-5)6(3-10)4-11-13/h2,4H,1H3,(H,14,15). The fraction of sp³-hybridized carbons (Fsp3) is 0.111. The van der Waals surface area contributed by atoms with Gasteiger partial charge in [-0.2, -0.15) is 10.4 Å². The molecule has 0 aliphatic carbocycles. The number of hydrogen-bond donors (Lipinski definition) is 1. The number of fused-ring (bicyclic) bond motifs is 1. The molecule has 2 aromatic rings. The zero-order chi connectivity index (χ0) is 11.0. The lowest BCUT2D eigenvalue weighted by atomic mass is 10.3. The van der Waals surface area contributed by atoms with E-state index in [2.05, 4.69) is 10.1 Å². The molecule has 0 aromatic carbocycles. The van der Waals surface area contributed by atoms with E-state index in [0.29, 0.717) is 5.69 Å². The monoisotopic (exact) mass is 202 g/mol. The molecule has 0 bridgehead atoms. The van der Waals surface area contributed by atoms with Gasteiger partial charge in [-0.05, 0) is 13.0 Å². The summed E-state index contributed by atoms with van der Waals surface area (Å²) < 4.78 is 1.15. The van der Waals surface area contributed by atoms with E-state index >= 15 is 0 Å². The second kappa shape index (κ2) is 3.06. The molecule has 0 spiro atoms. The maximum Gasteiger partial charge on any atom is 0.354 e. The molecule has 2 heterocycles. The van der Waals surface area contributed by atoms with Gasteiger partial charge in [0, 0.05) is 5.69 Å². The first-order valence-corrected chi connectivity index (χ1v) is 4.12. The van der Waals surface area contributed by atoms with Crippen LogP contribution in [0.1, 0.15) is 21.7 Å². The Morgan fingerprint density at radius 2 is 2.40 bits per heavy atom. The van der Waals surface area contributed by atoms with Crippen LogP contribution in [-0.2, 0) is 0 Å². The number of carboxylic acid groups (broad SMARTS) is 1. The third-order valence-corrected chi connectivity index (χ3v) is 1.94. The van der Waals surface area contributed by atoms with E-state index in [4.69, 9.17) is 10.4 Å². The molecule has 6 nitrogen and oxygen atoms in total. The van der Waals surface area contributed by atoms with E-state index in [-0.39, 0.29) is 16.9 Å². The van der Waals surface area contributed by atoms with Gasteiger partial charge >= 0.3 is 5.97 Å². The van der Waals surface area contributed by atoms with Gasteiger partial charge in [-0.15, -0.1) is 0 Å². The average molecular weight is 202 g/mol. The predicted molar refractivity (Wildman–Crippen MR) is 49.4 cm³/mol. The van der Waals surface area contributed by atoms with Crippen molar-refractivity contribution >= 4 is 11.6 Å². The highest BCUT2D eigenvalue weighted by Crippen LogP contribution is 2.11. The minimum atomic E-state index is -1.10. The fourth-order valence-electron chi connectivity index (χ4n) is 1.32. The first kappa shape index (κ1) is 9.15. The van der Waals surface area contributed by atoms with E-state index in [0.717, 1.165) is 4.52 Å². The topological polar surface area (TPSA) is 91.3 Å². The summed E-state index contributed by atoms with van der Waals surface area (Å²) in [7, 11) is 0. The van der Waals surface area contributed by atoms with E-state index < -0.39 is 5.97 Å². The van der Waals surface area contributed by atoms with Gasteiger partial charge in [0.25, 0.3) is 0 Å². The van der Waals surface area contributed by atoms with E-state index in [1.807, 2.05) is 6.07 Å². The third-order valence-electron chi connectivity index (χ3n) is 1.94. The highest BCUT2D eigenvalue weighted by Gasteiger charge is 2.14. The van der Waals surface area contributed by atoms with Crippen molar-refractivity contribution in [2.75, 3.05) is 0 Å². The van der Waals surface area contributed by atoms with Crippen molar-refractivity contribution in [2.24, 2.45) is 0 Å². The smallest absolute Gasteiger partial charge is 0.354 e. The largest absolute Gasteiger partial charge is 0.477 e. The van der Waals surface area contributed by atoms with Crippen LogP contribution in [0.25, 0.3) is 5.65 Å². The molecular weight excluding hydrogens is 196 g/mol. The van der Waals surface area contributed by atoms with Crippen LogP contribution in [-0.4, -0.2) is 25.7 Å². The zero-order valence-electron chi connectivity index (χ0n) is 7.80. The zero-order valence-corrected chi connectivity index (χ0v) is 7.80. The summed E-state index contributed by atoms with van der Waals surface area (Å²) in [5.41, 5.74) is 1.08. The number of aryl methyl sites for hydroxylation is 1. The molecule has 0 saturated carbocycles. The van der Waals surface area contributed by atoms with Gasteiger partial charge in [-0.1, -0.05) is 0 Å². The lowest BCUT2D eigenvalue weighted by molar-refractivity contribution is 0.0687. The minimum absolute atomic E-state index is 0.000926. The lowest BCUT2D eigenvalue weighted by Gasteiger charge is -2.00. The Morgan fingerprint density at radius 3 is 3.00 bits per heavy atom. The number of nitriles is 1. The van der Waals surface area contributed by atoms with Crippen LogP contribution < -0.4 is 0 Å². The molecule has 0 fully saturated rings. The minimum Gasteiger partial charge on any atom is -0.477 e. The second-order valence-corrected chi connectivity index (χ2v) is 2.99. The molecule has 0 saturated heterocycles. The van der Waals surface area contributed by atoms with Gasteiger partial charge in [-0.25, -0.2) is 14.3 Å².